The molecule has 1 heterocycles. The molecule has 1 aromatic rings. The van der Waals surface area contributed by atoms with Crippen molar-refractivity contribution in [1.82, 2.24) is 0 Å². The maximum Gasteiger partial charge on any atom is 0.303 e. The Labute approximate surface area is 199 Å². The molecular formula is C23H44O4Si4. The van der Waals surface area contributed by atoms with E-state index in [9.17, 15) is 0 Å². The molecule has 1 aliphatic heterocycles. The van der Waals surface area contributed by atoms with Crippen molar-refractivity contribution in [2.75, 3.05) is 0 Å². The van der Waals surface area contributed by atoms with Gasteiger partial charge in [-0.15, -0.1) is 0 Å². The van der Waals surface area contributed by atoms with Crippen LogP contribution in [0.15, 0.2) is 5.57 Å². The highest BCUT2D eigenvalue weighted by Gasteiger charge is 2.21. The lowest BCUT2D eigenvalue weighted by Crippen LogP contribution is -2.33. The zero-order valence-electron chi connectivity index (χ0n) is 21.0. The van der Waals surface area contributed by atoms with Gasteiger partial charge in [-0.1, -0.05) is 45.6 Å². The van der Waals surface area contributed by atoms with Gasteiger partial charge in [0.2, 0.25) is 0 Å². The van der Waals surface area contributed by atoms with Gasteiger partial charge in [-0.05, 0) is 98.4 Å². The average Bonchev–Trinajstić information content (AvgIpc) is 2.73. The maximum atomic E-state index is 6.02. The van der Waals surface area contributed by atoms with Crippen LogP contribution in [0.2, 0.25) is 6.04 Å². The fraction of sp³-hybridized carbons (Fsp3) is 0.652. The summed E-state index contributed by atoms with van der Waals surface area (Å²) >= 11 is 0. The van der Waals surface area contributed by atoms with Crippen LogP contribution in [0.25, 0.3) is 5.57 Å². The highest BCUT2D eigenvalue weighted by molar-refractivity contribution is 6.60. The van der Waals surface area contributed by atoms with Crippen LogP contribution in [0.1, 0.15) is 93.7 Å². The largest absolute Gasteiger partial charge is 0.425 e. The van der Waals surface area contributed by atoms with E-state index in [0.717, 1.165) is 12.5 Å². The van der Waals surface area contributed by atoms with E-state index >= 15 is 0 Å². The third-order valence-corrected chi connectivity index (χ3v) is 14.0. The first-order valence-corrected chi connectivity index (χ1v) is 17.4. The molecule has 0 radical (unpaired) electrons. The van der Waals surface area contributed by atoms with E-state index in [1.165, 1.54) is 66.4 Å². The van der Waals surface area contributed by atoms with Crippen LogP contribution < -0.4 is 0 Å². The van der Waals surface area contributed by atoms with Crippen molar-refractivity contribution in [3.8, 4) is 0 Å². The van der Waals surface area contributed by atoms with Gasteiger partial charge < -0.3 is 16.5 Å². The van der Waals surface area contributed by atoms with E-state index in [1.54, 1.807) is 16.7 Å². The molecule has 0 amide bonds. The molecule has 0 aromatic heterocycles. The third kappa shape index (κ3) is 7.33. The first-order valence-electron chi connectivity index (χ1n) is 12.1. The second kappa shape index (κ2) is 14.0. The predicted molar refractivity (Wildman–Crippen MR) is 143 cm³/mol. The van der Waals surface area contributed by atoms with Gasteiger partial charge in [0.25, 0.3) is 30.0 Å². The number of hydrogen-bond donors (Lipinski definition) is 0. The van der Waals surface area contributed by atoms with Gasteiger partial charge in [0.1, 0.15) is 0 Å². The lowest BCUT2D eigenvalue weighted by molar-refractivity contribution is 0.328. The van der Waals surface area contributed by atoms with E-state index in [-0.39, 0.29) is 0 Å². The first kappa shape index (κ1) is 26.9. The standard InChI is InChI=1S/C23H44O4Si4/c1-8-11-20-18(6)19(7)23(22(13-10-3)21(20)12-9-2)17(5)16(4)14-15-31-26-29-24-28-25-30-27-31/h31H,8-15,28-30H2,1-7H3. The van der Waals surface area contributed by atoms with Crippen LogP contribution >= 0.6 is 0 Å². The number of benzene rings is 1. The molecule has 1 aromatic carbocycles. The fourth-order valence-electron chi connectivity index (χ4n) is 4.70. The van der Waals surface area contributed by atoms with Gasteiger partial charge in [-0.3, -0.25) is 0 Å². The van der Waals surface area contributed by atoms with Crippen molar-refractivity contribution in [3.63, 3.8) is 0 Å². The lowest BCUT2D eigenvalue weighted by atomic mass is 9.79. The Kier molecular flexibility index (Phi) is 12.2. The highest BCUT2D eigenvalue weighted by Crippen LogP contribution is 2.36. The van der Waals surface area contributed by atoms with Crippen LogP contribution in [-0.4, -0.2) is 39.3 Å². The second-order valence-corrected chi connectivity index (χ2v) is 16.9. The van der Waals surface area contributed by atoms with Crippen molar-refractivity contribution < 1.29 is 16.5 Å². The lowest BCUT2D eigenvalue weighted by Gasteiger charge is -2.26. The van der Waals surface area contributed by atoms with Gasteiger partial charge in [0.15, 0.2) is 0 Å². The van der Waals surface area contributed by atoms with Crippen LogP contribution in [0, 0.1) is 13.8 Å². The van der Waals surface area contributed by atoms with Crippen LogP contribution in [0.3, 0.4) is 0 Å². The molecule has 0 spiro atoms. The van der Waals surface area contributed by atoms with E-state index in [0.29, 0.717) is 0 Å². The molecule has 0 saturated carbocycles. The molecule has 2 rings (SSSR count). The van der Waals surface area contributed by atoms with Crippen molar-refractivity contribution in [1.29, 1.82) is 0 Å². The summed E-state index contributed by atoms with van der Waals surface area (Å²) in [5.41, 5.74) is 12.4. The molecule has 1 aliphatic rings. The Balaban J connectivity index is 2.40. The average molecular weight is 497 g/mol. The zero-order valence-corrected chi connectivity index (χ0v) is 26.4. The Morgan fingerprint density at radius 2 is 1.29 bits per heavy atom. The van der Waals surface area contributed by atoms with E-state index in [2.05, 4.69) is 48.5 Å². The van der Waals surface area contributed by atoms with Gasteiger partial charge in [0.05, 0.1) is 0 Å². The van der Waals surface area contributed by atoms with E-state index < -0.39 is 39.3 Å². The summed E-state index contributed by atoms with van der Waals surface area (Å²) in [6.07, 6.45) is 8.23. The molecule has 0 aliphatic carbocycles. The fourth-order valence-corrected chi connectivity index (χ4v) is 13.7. The molecule has 0 unspecified atom stereocenters. The summed E-state index contributed by atoms with van der Waals surface area (Å²) < 4.78 is 23.2. The normalized spacial score (nSPS) is 20.8. The van der Waals surface area contributed by atoms with Crippen molar-refractivity contribution in [2.24, 2.45) is 0 Å². The number of hydrogen-bond acceptors (Lipinski definition) is 4. The Morgan fingerprint density at radius 1 is 0.742 bits per heavy atom. The summed E-state index contributed by atoms with van der Waals surface area (Å²) in [7, 11) is -4.17. The Bertz CT molecular complexity index is 744. The molecule has 176 valence electrons. The smallest absolute Gasteiger partial charge is 0.303 e. The number of allylic oxidation sites excluding steroid dienone is 2. The molecule has 8 heteroatoms. The second-order valence-electron chi connectivity index (χ2n) is 8.78. The van der Waals surface area contributed by atoms with Gasteiger partial charge in [-0.2, -0.15) is 0 Å². The summed E-state index contributed by atoms with van der Waals surface area (Å²) in [6.45, 7) is 16.3. The molecule has 1 saturated heterocycles. The topological polar surface area (TPSA) is 36.9 Å². The molecule has 1 fully saturated rings. The van der Waals surface area contributed by atoms with Crippen molar-refractivity contribution in [2.45, 2.75) is 99.5 Å². The molecule has 0 bridgehead atoms. The first-order chi connectivity index (χ1) is 15.0. The molecule has 0 atom stereocenters. The van der Waals surface area contributed by atoms with E-state index in [4.69, 9.17) is 16.5 Å². The minimum atomic E-state index is -1.62. The number of rotatable bonds is 10. The Hall–Kier alpha value is -0.332. The monoisotopic (exact) mass is 496 g/mol. The summed E-state index contributed by atoms with van der Waals surface area (Å²) in [4.78, 5) is 0. The molecule has 4 nitrogen and oxygen atoms in total. The van der Waals surface area contributed by atoms with Crippen molar-refractivity contribution in [3.05, 3.63) is 39.0 Å². The Morgan fingerprint density at radius 3 is 1.87 bits per heavy atom. The van der Waals surface area contributed by atoms with Crippen LogP contribution in [-0.2, 0) is 35.7 Å². The van der Waals surface area contributed by atoms with Gasteiger partial charge in [0, 0.05) is 0 Å². The van der Waals surface area contributed by atoms with Crippen molar-refractivity contribution >= 4 is 44.9 Å². The van der Waals surface area contributed by atoms with Crippen LogP contribution in [0.5, 0.6) is 0 Å². The van der Waals surface area contributed by atoms with Gasteiger partial charge >= 0.3 is 9.28 Å². The highest BCUT2D eigenvalue weighted by atomic mass is 28.4. The summed E-state index contributed by atoms with van der Waals surface area (Å²) in [6, 6.07) is 1.02. The third-order valence-electron chi connectivity index (χ3n) is 6.53. The quantitative estimate of drug-likeness (QED) is 0.464. The van der Waals surface area contributed by atoms with Gasteiger partial charge in [-0.25, -0.2) is 0 Å². The molecule has 31 heavy (non-hydrogen) atoms. The minimum absolute atomic E-state index is 0.796. The predicted octanol–water partition coefficient (Wildman–Crippen LogP) is 3.64. The SMILES string of the molecule is CCCc1c(C)c(C)c(C(C)=C(C)CC[SiH]2O[SiH2]O[SiH2]O[SiH2]O2)c(CCC)c1CCC. The summed E-state index contributed by atoms with van der Waals surface area (Å²) in [5.74, 6) is 0. The minimum Gasteiger partial charge on any atom is -0.425 e. The van der Waals surface area contributed by atoms with E-state index in [1.807, 2.05) is 0 Å². The zero-order chi connectivity index (χ0) is 22.8. The summed E-state index contributed by atoms with van der Waals surface area (Å²) in [5, 5.41) is 0. The maximum absolute atomic E-state index is 6.02. The van der Waals surface area contributed by atoms with Crippen LogP contribution in [0.4, 0.5) is 0 Å². The molecular weight excluding hydrogens is 453 g/mol. The molecule has 0 N–H and O–H groups in total.